The number of amides is 4. The minimum Gasteiger partial charge on any atom is -0.453 e. The molecular formula is C42H53N7O6. The number of fused-ring (bicyclic) bond motifs is 1. The fourth-order valence-electron chi connectivity index (χ4n) is 6.49. The molecule has 55 heavy (non-hydrogen) atoms. The fraction of sp³-hybridized carbons (Fsp3) is 0.405. The number of alkyl carbamates (subject to hydrolysis) is 2. The van der Waals surface area contributed by atoms with Crippen molar-refractivity contribution in [1.29, 1.82) is 0 Å². The largest absolute Gasteiger partial charge is 0.453 e. The second kappa shape index (κ2) is 18.5. The summed E-state index contributed by atoms with van der Waals surface area (Å²) in [5, 5.41) is 10.8. The number of rotatable bonds is 17. The zero-order valence-electron chi connectivity index (χ0n) is 32.7. The Kier molecular flexibility index (Phi) is 13.5. The molecule has 3 aromatic carbocycles. The summed E-state index contributed by atoms with van der Waals surface area (Å²) in [5.74, 6) is 0.310. The number of hydrogen-bond donors (Lipinski definition) is 4. The molecule has 4 aromatic rings. The molecule has 0 bridgehead atoms. The quantitative estimate of drug-likeness (QED) is 0.0977. The average molecular weight is 752 g/mol. The number of aromatic nitrogens is 2. The van der Waals surface area contributed by atoms with Crippen molar-refractivity contribution in [3.05, 3.63) is 84.3 Å². The maximum Gasteiger partial charge on any atom is 0.407 e. The second-order valence-electron chi connectivity index (χ2n) is 14.4. The summed E-state index contributed by atoms with van der Waals surface area (Å²) in [6, 6.07) is 21.1. The lowest BCUT2D eigenvalue weighted by Crippen LogP contribution is -2.47. The third-order valence-corrected chi connectivity index (χ3v) is 9.85. The van der Waals surface area contributed by atoms with Crippen molar-refractivity contribution in [2.24, 2.45) is 5.41 Å². The van der Waals surface area contributed by atoms with E-state index < -0.39 is 12.2 Å². The highest BCUT2D eigenvalue weighted by molar-refractivity contribution is 5.90. The van der Waals surface area contributed by atoms with Crippen molar-refractivity contribution in [3.63, 3.8) is 0 Å². The van der Waals surface area contributed by atoms with E-state index in [0.717, 1.165) is 63.7 Å². The summed E-state index contributed by atoms with van der Waals surface area (Å²) in [6.07, 6.45) is 5.50. The van der Waals surface area contributed by atoms with E-state index in [9.17, 15) is 19.2 Å². The van der Waals surface area contributed by atoms with E-state index in [2.05, 4.69) is 116 Å². The van der Waals surface area contributed by atoms with E-state index in [-0.39, 0.29) is 36.4 Å². The number of nitrogens with one attached hydrogen (secondary N) is 4. The maximum atomic E-state index is 13.1. The van der Waals surface area contributed by atoms with Gasteiger partial charge in [0, 0.05) is 31.4 Å². The van der Waals surface area contributed by atoms with Crippen LogP contribution in [0, 0.1) is 5.41 Å². The van der Waals surface area contributed by atoms with Crippen molar-refractivity contribution in [2.45, 2.75) is 59.5 Å². The molecular weight excluding hydrogens is 699 g/mol. The normalized spacial score (nSPS) is 13.7. The lowest BCUT2D eigenvalue weighted by Gasteiger charge is -2.30. The van der Waals surface area contributed by atoms with Gasteiger partial charge in [0.15, 0.2) is 0 Å². The number of nitrogens with zero attached hydrogens (tertiary/aromatic N) is 3. The first-order valence-electron chi connectivity index (χ1n) is 18.7. The molecule has 4 N–H and O–H groups in total. The van der Waals surface area contributed by atoms with Crippen LogP contribution in [0.15, 0.2) is 72.9 Å². The Morgan fingerprint density at radius 3 is 2.09 bits per heavy atom. The first-order valence-corrected chi connectivity index (χ1v) is 18.7. The summed E-state index contributed by atoms with van der Waals surface area (Å²) in [4.78, 5) is 60.1. The monoisotopic (exact) mass is 751 g/mol. The summed E-state index contributed by atoms with van der Waals surface area (Å²) in [6.45, 7) is 9.99. The number of carbonyl (C=O) groups is 4. The topological polar surface area (TPSA) is 158 Å². The van der Waals surface area contributed by atoms with E-state index >= 15 is 0 Å². The number of aromatic amines is 1. The van der Waals surface area contributed by atoms with E-state index in [0.29, 0.717) is 32.0 Å². The number of benzene rings is 3. The molecule has 5 rings (SSSR count). The predicted octanol–water partition coefficient (Wildman–Crippen LogP) is 6.32. The van der Waals surface area contributed by atoms with Crippen LogP contribution in [-0.4, -0.2) is 96.8 Å². The van der Waals surface area contributed by atoms with Crippen LogP contribution in [0.4, 0.5) is 9.59 Å². The Morgan fingerprint density at radius 1 is 0.873 bits per heavy atom. The van der Waals surface area contributed by atoms with Crippen LogP contribution >= 0.6 is 0 Å². The van der Waals surface area contributed by atoms with Crippen LogP contribution in [0.3, 0.4) is 0 Å². The Bertz CT molecular complexity index is 2000. The van der Waals surface area contributed by atoms with Crippen molar-refractivity contribution in [3.8, 4) is 22.4 Å². The van der Waals surface area contributed by atoms with Gasteiger partial charge in [-0.25, -0.2) is 14.6 Å². The summed E-state index contributed by atoms with van der Waals surface area (Å²) in [7, 11) is 2.54. The Hall–Kier alpha value is -5.85. The smallest absolute Gasteiger partial charge is 0.407 e. The fourth-order valence-corrected chi connectivity index (χ4v) is 6.49. The molecule has 0 saturated heterocycles. The summed E-state index contributed by atoms with van der Waals surface area (Å²) >= 11 is 0. The van der Waals surface area contributed by atoms with Gasteiger partial charge in [-0.3, -0.25) is 9.59 Å². The molecule has 1 aromatic heterocycles. The molecule has 0 radical (unpaired) electrons. The highest BCUT2D eigenvalue weighted by Crippen LogP contribution is 2.45. The Labute approximate surface area is 322 Å². The standard InChI is InChI=1S/C42H53N7O6/c1-7-19-48(38(50)23-44-40(52)54-5)26-37-43-22-36(47-37)30-11-9-29(10-12-30)31-13-14-33-21-34(16-15-32(33)20-31)35(8-2)46-28(3)25-49(27-42(4)17-18-42)39(51)24-45-41(53)55-6/h8-16,20-22,28,46H,7,17-19,23-27H2,1-6H3,(H,43,47)(H,44,52)(H,45,53)/b35-8-. The number of allylic oxidation sites excluding steroid dienone is 1. The summed E-state index contributed by atoms with van der Waals surface area (Å²) in [5.41, 5.74) is 6.16. The van der Waals surface area contributed by atoms with Gasteiger partial charge in [0.25, 0.3) is 0 Å². The zero-order valence-corrected chi connectivity index (χ0v) is 32.7. The lowest BCUT2D eigenvalue weighted by molar-refractivity contribution is -0.131. The number of ether oxygens (including phenoxy) is 2. The van der Waals surface area contributed by atoms with E-state index in [1.54, 1.807) is 11.1 Å². The van der Waals surface area contributed by atoms with Gasteiger partial charge in [-0.1, -0.05) is 68.5 Å². The highest BCUT2D eigenvalue weighted by Gasteiger charge is 2.40. The number of carbonyl (C=O) groups excluding carboxylic acids is 4. The minimum absolute atomic E-state index is 0.0354. The maximum absolute atomic E-state index is 13.1. The van der Waals surface area contributed by atoms with Gasteiger partial charge in [0.05, 0.1) is 32.7 Å². The van der Waals surface area contributed by atoms with Crippen molar-refractivity contribution >= 4 is 40.5 Å². The number of H-pyrrole nitrogens is 1. The molecule has 0 spiro atoms. The van der Waals surface area contributed by atoms with Crippen molar-refractivity contribution < 1.29 is 28.7 Å². The molecule has 13 heteroatoms. The van der Waals surface area contributed by atoms with Gasteiger partial charge >= 0.3 is 12.2 Å². The molecule has 13 nitrogen and oxygen atoms in total. The Balaban J connectivity index is 1.22. The number of methoxy groups -OCH3 is 2. The summed E-state index contributed by atoms with van der Waals surface area (Å²) < 4.78 is 9.21. The molecule has 1 atom stereocenters. The molecule has 1 aliphatic rings. The van der Waals surface area contributed by atoms with E-state index in [1.807, 2.05) is 18.7 Å². The van der Waals surface area contributed by atoms with Gasteiger partial charge in [-0.2, -0.15) is 0 Å². The van der Waals surface area contributed by atoms with Crippen LogP contribution in [0.1, 0.15) is 58.3 Å². The van der Waals surface area contributed by atoms with Gasteiger partial charge in [-0.05, 0) is 83.7 Å². The van der Waals surface area contributed by atoms with Crippen LogP contribution in [0.5, 0.6) is 0 Å². The van der Waals surface area contributed by atoms with Crippen molar-refractivity contribution in [1.82, 2.24) is 35.7 Å². The minimum atomic E-state index is -0.647. The van der Waals surface area contributed by atoms with Crippen LogP contribution < -0.4 is 16.0 Å². The number of hydrogen-bond acceptors (Lipinski definition) is 8. The average Bonchev–Trinajstić information content (AvgIpc) is 3.74. The zero-order chi connectivity index (χ0) is 39.5. The first kappa shape index (κ1) is 40.3. The SMILES string of the molecule is C/C=C(\NC(C)CN(CC1(C)CC1)C(=O)CNC(=O)OC)c1ccc2cc(-c3ccc(-c4cnc(CN(CCC)C(=O)CNC(=O)OC)[nH]4)cc3)ccc2c1. The molecule has 1 fully saturated rings. The molecule has 1 unspecified atom stereocenters. The van der Waals surface area contributed by atoms with Gasteiger partial charge < -0.3 is 40.2 Å². The van der Waals surface area contributed by atoms with Gasteiger partial charge in [0.2, 0.25) is 11.8 Å². The van der Waals surface area contributed by atoms with Crippen molar-refractivity contribution in [2.75, 3.05) is 46.9 Å². The van der Waals surface area contributed by atoms with Crippen LogP contribution in [0.2, 0.25) is 0 Å². The van der Waals surface area contributed by atoms with E-state index in [1.165, 1.54) is 14.2 Å². The van der Waals surface area contributed by atoms with Crippen LogP contribution in [0.25, 0.3) is 38.9 Å². The van der Waals surface area contributed by atoms with E-state index in [4.69, 9.17) is 0 Å². The lowest BCUT2D eigenvalue weighted by atomic mass is 9.98. The highest BCUT2D eigenvalue weighted by atomic mass is 16.5. The molecule has 1 saturated carbocycles. The molecule has 1 heterocycles. The molecule has 292 valence electrons. The molecule has 1 aliphatic carbocycles. The van der Waals surface area contributed by atoms with Gasteiger partial charge in [0.1, 0.15) is 18.9 Å². The van der Waals surface area contributed by atoms with Crippen LogP contribution in [-0.2, 0) is 25.6 Å². The van der Waals surface area contributed by atoms with Gasteiger partial charge in [-0.15, -0.1) is 0 Å². The molecule has 0 aliphatic heterocycles. The third-order valence-electron chi connectivity index (χ3n) is 9.85. The third kappa shape index (κ3) is 11.1. The number of imidazole rings is 1. The first-order chi connectivity index (χ1) is 26.4. The second-order valence-corrected chi connectivity index (χ2v) is 14.4. The molecule has 4 amide bonds. The predicted molar refractivity (Wildman–Crippen MR) is 214 cm³/mol. The Morgan fingerprint density at radius 2 is 1.47 bits per heavy atom.